The van der Waals surface area contributed by atoms with Crippen molar-refractivity contribution in [2.24, 2.45) is 0 Å². The van der Waals surface area contributed by atoms with Gasteiger partial charge in [-0.25, -0.2) is 12.8 Å². The Balaban J connectivity index is 1.38. The molecule has 3 aromatic carbocycles. The number of hydrogen-bond acceptors (Lipinski definition) is 3. The Hall–Kier alpha value is -2.70. The molecule has 0 unspecified atom stereocenters. The molecule has 0 amide bonds. The van der Waals surface area contributed by atoms with Gasteiger partial charge >= 0.3 is 0 Å². The molecule has 0 spiro atoms. The van der Waals surface area contributed by atoms with Gasteiger partial charge in [-0.3, -0.25) is 4.72 Å². The van der Waals surface area contributed by atoms with Crippen molar-refractivity contribution in [1.82, 2.24) is 4.90 Å². The summed E-state index contributed by atoms with van der Waals surface area (Å²) in [5.41, 5.74) is 5.49. The van der Waals surface area contributed by atoms with Crippen molar-refractivity contribution in [1.29, 1.82) is 0 Å². The van der Waals surface area contributed by atoms with Crippen LogP contribution in [0.5, 0.6) is 0 Å². The summed E-state index contributed by atoms with van der Waals surface area (Å²) in [7, 11) is -3.73. The SMILES string of the molecule is CC(C)(C)c1ccc(CCN2CCc3ccc(S(=O)(=O)Nc4ccc(F)cc4)cc3CC2)cc1. The van der Waals surface area contributed by atoms with E-state index in [0.29, 0.717) is 5.69 Å². The fourth-order valence-electron chi connectivity index (χ4n) is 4.33. The van der Waals surface area contributed by atoms with Crippen LogP contribution in [0.3, 0.4) is 0 Å². The van der Waals surface area contributed by atoms with Gasteiger partial charge in [-0.15, -0.1) is 0 Å². The first-order valence-electron chi connectivity index (χ1n) is 11.8. The number of hydrogen-bond donors (Lipinski definition) is 1. The van der Waals surface area contributed by atoms with Gasteiger partial charge in [0.1, 0.15) is 5.82 Å². The van der Waals surface area contributed by atoms with E-state index in [1.54, 1.807) is 12.1 Å². The molecule has 4 nitrogen and oxygen atoms in total. The van der Waals surface area contributed by atoms with Crippen molar-refractivity contribution in [3.8, 4) is 0 Å². The second-order valence-electron chi connectivity index (χ2n) is 10.1. The predicted molar refractivity (Wildman–Crippen MR) is 136 cm³/mol. The molecule has 1 aliphatic rings. The van der Waals surface area contributed by atoms with Gasteiger partial charge in [-0.1, -0.05) is 51.1 Å². The lowest BCUT2D eigenvalue weighted by molar-refractivity contribution is 0.291. The number of sulfonamides is 1. The van der Waals surface area contributed by atoms with E-state index in [1.165, 1.54) is 41.0 Å². The number of rotatable bonds is 6. The third kappa shape index (κ3) is 6.05. The molecule has 0 radical (unpaired) electrons. The van der Waals surface area contributed by atoms with Crippen molar-refractivity contribution in [2.45, 2.75) is 50.3 Å². The van der Waals surface area contributed by atoms with E-state index in [2.05, 4.69) is 54.7 Å². The highest BCUT2D eigenvalue weighted by Gasteiger charge is 2.19. The normalized spacial score (nSPS) is 14.9. The Morgan fingerprint density at radius 2 is 1.53 bits per heavy atom. The number of halogens is 1. The maximum atomic E-state index is 13.1. The Morgan fingerprint density at radius 3 is 2.18 bits per heavy atom. The minimum atomic E-state index is -3.73. The van der Waals surface area contributed by atoms with Crippen LogP contribution < -0.4 is 4.72 Å². The summed E-state index contributed by atoms with van der Waals surface area (Å²) in [4.78, 5) is 2.70. The molecule has 180 valence electrons. The molecule has 0 bridgehead atoms. The molecule has 1 heterocycles. The van der Waals surface area contributed by atoms with E-state index >= 15 is 0 Å². The highest BCUT2D eigenvalue weighted by Crippen LogP contribution is 2.24. The number of nitrogens with one attached hydrogen (secondary N) is 1. The first-order chi connectivity index (χ1) is 16.1. The average molecular weight is 481 g/mol. The second-order valence-corrected chi connectivity index (χ2v) is 11.8. The number of benzene rings is 3. The van der Waals surface area contributed by atoms with Crippen molar-refractivity contribution in [3.63, 3.8) is 0 Å². The van der Waals surface area contributed by atoms with E-state index < -0.39 is 15.8 Å². The lowest BCUT2D eigenvalue weighted by atomic mass is 9.86. The molecule has 0 aliphatic carbocycles. The number of nitrogens with zero attached hydrogens (tertiary/aromatic N) is 1. The van der Waals surface area contributed by atoms with E-state index in [9.17, 15) is 12.8 Å². The summed E-state index contributed by atoms with van der Waals surface area (Å²) in [5, 5.41) is 0. The van der Waals surface area contributed by atoms with Crippen LogP contribution in [0.15, 0.2) is 71.6 Å². The first kappa shape index (κ1) is 24.4. The van der Waals surface area contributed by atoms with Gasteiger partial charge in [-0.05, 0) is 83.3 Å². The third-order valence-corrected chi connectivity index (χ3v) is 7.89. The second kappa shape index (κ2) is 9.88. The summed E-state index contributed by atoms with van der Waals surface area (Å²) in [5.74, 6) is -0.403. The lowest BCUT2D eigenvalue weighted by Crippen LogP contribution is -2.28. The van der Waals surface area contributed by atoms with Gasteiger partial charge in [-0.2, -0.15) is 0 Å². The molecular weight excluding hydrogens is 447 g/mol. The summed E-state index contributed by atoms with van der Waals surface area (Å²) in [6, 6.07) is 19.6. The van der Waals surface area contributed by atoms with Gasteiger partial charge in [0.15, 0.2) is 0 Å². The topological polar surface area (TPSA) is 49.4 Å². The standard InChI is InChI=1S/C28H33FN2O2S/c1-28(2,3)24-7-4-21(5-8-24)14-17-31-18-15-22-6-13-27(20-23(22)16-19-31)34(32,33)30-26-11-9-25(29)10-12-26/h4-13,20,30H,14-19H2,1-3H3. The van der Waals surface area contributed by atoms with E-state index in [4.69, 9.17) is 0 Å². The molecule has 0 saturated carbocycles. The summed E-state index contributed by atoms with van der Waals surface area (Å²) in [6.07, 6.45) is 2.73. The fraction of sp³-hybridized carbons (Fsp3) is 0.357. The minimum absolute atomic E-state index is 0.163. The average Bonchev–Trinajstić information content (AvgIpc) is 3.00. The molecule has 3 aromatic rings. The highest BCUT2D eigenvalue weighted by molar-refractivity contribution is 7.92. The summed E-state index contributed by atoms with van der Waals surface area (Å²) in [6.45, 7) is 9.54. The Morgan fingerprint density at radius 1 is 0.882 bits per heavy atom. The molecular formula is C28H33FN2O2S. The molecule has 0 saturated heterocycles. The quantitative estimate of drug-likeness (QED) is 0.502. The Labute approximate surface area is 202 Å². The zero-order valence-electron chi connectivity index (χ0n) is 20.1. The van der Waals surface area contributed by atoms with Crippen LogP contribution in [0, 0.1) is 5.82 Å². The molecule has 34 heavy (non-hydrogen) atoms. The molecule has 4 rings (SSSR count). The molecule has 6 heteroatoms. The zero-order valence-corrected chi connectivity index (χ0v) is 21.0. The number of fused-ring (bicyclic) bond motifs is 1. The van der Waals surface area contributed by atoms with Crippen LogP contribution in [-0.4, -0.2) is 33.0 Å². The van der Waals surface area contributed by atoms with E-state index in [1.807, 2.05) is 6.07 Å². The fourth-order valence-corrected chi connectivity index (χ4v) is 5.44. The lowest BCUT2D eigenvalue weighted by Gasteiger charge is -2.21. The maximum absolute atomic E-state index is 13.1. The molecule has 0 fully saturated rings. The minimum Gasteiger partial charge on any atom is -0.302 e. The predicted octanol–water partition coefficient (Wildman–Crippen LogP) is 5.57. The van der Waals surface area contributed by atoms with Crippen molar-refractivity contribution in [3.05, 3.63) is 94.8 Å². The zero-order chi connectivity index (χ0) is 24.3. The molecule has 0 atom stereocenters. The van der Waals surface area contributed by atoms with Crippen molar-refractivity contribution >= 4 is 15.7 Å². The van der Waals surface area contributed by atoms with E-state index in [-0.39, 0.29) is 10.3 Å². The van der Waals surface area contributed by atoms with Crippen LogP contribution in [-0.2, 0) is 34.7 Å². The molecule has 1 N–H and O–H groups in total. The van der Waals surface area contributed by atoms with Crippen LogP contribution in [0.4, 0.5) is 10.1 Å². The van der Waals surface area contributed by atoms with Gasteiger partial charge in [0, 0.05) is 25.3 Å². The van der Waals surface area contributed by atoms with Gasteiger partial charge in [0.25, 0.3) is 10.0 Å². The highest BCUT2D eigenvalue weighted by atomic mass is 32.2. The molecule has 1 aliphatic heterocycles. The smallest absolute Gasteiger partial charge is 0.261 e. The van der Waals surface area contributed by atoms with Crippen LogP contribution in [0.2, 0.25) is 0 Å². The monoisotopic (exact) mass is 480 g/mol. The largest absolute Gasteiger partial charge is 0.302 e. The maximum Gasteiger partial charge on any atom is 0.261 e. The van der Waals surface area contributed by atoms with E-state index in [0.717, 1.165) is 44.5 Å². The van der Waals surface area contributed by atoms with Gasteiger partial charge in [0.05, 0.1) is 4.90 Å². The Bertz CT molecular complexity index is 1230. The summed E-state index contributed by atoms with van der Waals surface area (Å²) < 4.78 is 41.4. The van der Waals surface area contributed by atoms with Gasteiger partial charge in [0.2, 0.25) is 0 Å². The first-order valence-corrected chi connectivity index (χ1v) is 13.3. The Kier molecular flexibility index (Phi) is 7.10. The van der Waals surface area contributed by atoms with Crippen molar-refractivity contribution in [2.75, 3.05) is 24.4 Å². The van der Waals surface area contributed by atoms with Crippen molar-refractivity contribution < 1.29 is 12.8 Å². The summed E-state index contributed by atoms with van der Waals surface area (Å²) >= 11 is 0. The molecule has 0 aromatic heterocycles. The van der Waals surface area contributed by atoms with Crippen LogP contribution >= 0.6 is 0 Å². The number of anilines is 1. The van der Waals surface area contributed by atoms with Crippen LogP contribution in [0.1, 0.15) is 43.0 Å². The van der Waals surface area contributed by atoms with Crippen LogP contribution in [0.25, 0.3) is 0 Å². The van der Waals surface area contributed by atoms with Gasteiger partial charge < -0.3 is 4.90 Å². The third-order valence-electron chi connectivity index (χ3n) is 6.52.